The molecule has 1 amide bonds. The summed E-state index contributed by atoms with van der Waals surface area (Å²) in [6, 6.07) is 24.0. The van der Waals surface area contributed by atoms with E-state index in [-0.39, 0.29) is 18.0 Å². The molecule has 1 fully saturated rings. The van der Waals surface area contributed by atoms with Gasteiger partial charge in [-0.05, 0) is 87.1 Å². The fraction of sp³-hybridized carbons (Fsp3) is 0.207. The molecule has 2 atom stereocenters. The summed E-state index contributed by atoms with van der Waals surface area (Å²) in [6.07, 6.45) is 1.82. The van der Waals surface area contributed by atoms with Crippen molar-refractivity contribution in [1.82, 2.24) is 14.9 Å². The average molecular weight is 496 g/mol. The third-order valence-electron chi connectivity index (χ3n) is 6.88. The van der Waals surface area contributed by atoms with Gasteiger partial charge in [0.05, 0.1) is 17.8 Å². The molecule has 36 heavy (non-hydrogen) atoms. The number of rotatable bonds is 5. The van der Waals surface area contributed by atoms with Crippen molar-refractivity contribution in [3.8, 4) is 5.69 Å². The van der Waals surface area contributed by atoms with Crippen molar-refractivity contribution in [2.24, 2.45) is 0 Å². The molecule has 1 aliphatic rings. The van der Waals surface area contributed by atoms with E-state index in [0.717, 1.165) is 22.8 Å². The molecular weight excluding hydrogens is 466 g/mol. The first-order chi connectivity index (χ1) is 17.4. The van der Waals surface area contributed by atoms with Gasteiger partial charge < -0.3 is 20.1 Å². The van der Waals surface area contributed by atoms with E-state index in [0.29, 0.717) is 5.11 Å². The molecule has 1 saturated heterocycles. The van der Waals surface area contributed by atoms with Crippen molar-refractivity contribution in [3.63, 3.8) is 0 Å². The Labute approximate surface area is 217 Å². The van der Waals surface area contributed by atoms with E-state index in [1.807, 2.05) is 54.7 Å². The molecule has 0 saturated carbocycles. The Morgan fingerprint density at radius 3 is 2.25 bits per heavy atom. The van der Waals surface area contributed by atoms with Crippen molar-refractivity contribution in [2.75, 3.05) is 10.2 Å². The second-order valence-corrected chi connectivity index (χ2v) is 9.49. The number of carbonyl (C=O) groups is 1. The van der Waals surface area contributed by atoms with Crippen LogP contribution in [0.15, 0.2) is 79.0 Å². The predicted octanol–water partition coefficient (Wildman–Crippen LogP) is 5.93. The third-order valence-corrected chi connectivity index (χ3v) is 7.20. The SMILES string of the molecule is CC(=O)Nc1ccc(N2C(=S)N[C@@H](c3ccccn3)[C@H]2c2c(C)c(C)n(-c3ccccc3)c2C)cc1. The van der Waals surface area contributed by atoms with Gasteiger partial charge >= 0.3 is 0 Å². The molecule has 5 rings (SSSR count). The van der Waals surface area contributed by atoms with Crippen molar-refractivity contribution in [1.29, 1.82) is 0 Å². The number of pyridine rings is 1. The van der Waals surface area contributed by atoms with Gasteiger partial charge in [0.15, 0.2) is 5.11 Å². The number of para-hydroxylation sites is 1. The molecule has 4 aromatic rings. The monoisotopic (exact) mass is 495 g/mol. The molecular formula is C29H29N5OS. The van der Waals surface area contributed by atoms with Crippen LogP contribution < -0.4 is 15.5 Å². The van der Waals surface area contributed by atoms with Crippen molar-refractivity contribution < 1.29 is 4.79 Å². The summed E-state index contributed by atoms with van der Waals surface area (Å²) in [6.45, 7) is 8.04. The number of carbonyl (C=O) groups excluding carboxylic acids is 1. The zero-order valence-electron chi connectivity index (χ0n) is 20.8. The molecule has 2 aromatic heterocycles. The van der Waals surface area contributed by atoms with Crippen LogP contribution in [-0.4, -0.2) is 20.6 Å². The third kappa shape index (κ3) is 4.16. The zero-order valence-corrected chi connectivity index (χ0v) is 21.6. The Kier molecular flexibility index (Phi) is 6.33. The Bertz CT molecular complexity index is 1410. The lowest BCUT2D eigenvalue weighted by molar-refractivity contribution is -0.114. The first kappa shape index (κ1) is 23.8. The van der Waals surface area contributed by atoms with E-state index in [9.17, 15) is 4.79 Å². The number of aromatic nitrogens is 2. The topological polar surface area (TPSA) is 62.2 Å². The van der Waals surface area contributed by atoms with Crippen molar-refractivity contribution in [3.05, 3.63) is 107 Å². The lowest BCUT2D eigenvalue weighted by atomic mass is 9.93. The second-order valence-electron chi connectivity index (χ2n) is 9.11. The van der Waals surface area contributed by atoms with Crippen LogP contribution in [0.2, 0.25) is 0 Å². The molecule has 0 spiro atoms. The van der Waals surface area contributed by atoms with Gasteiger partial charge in [-0.25, -0.2) is 0 Å². The van der Waals surface area contributed by atoms with E-state index in [1.165, 1.54) is 29.4 Å². The van der Waals surface area contributed by atoms with Gasteiger partial charge in [-0.15, -0.1) is 0 Å². The quantitative estimate of drug-likeness (QED) is 0.336. The van der Waals surface area contributed by atoms with E-state index in [2.05, 4.69) is 70.1 Å². The van der Waals surface area contributed by atoms with Crippen LogP contribution in [0.25, 0.3) is 5.69 Å². The number of thiocarbonyl (C=S) groups is 1. The summed E-state index contributed by atoms with van der Waals surface area (Å²) in [5.41, 5.74) is 8.61. The summed E-state index contributed by atoms with van der Waals surface area (Å²) < 4.78 is 2.32. The van der Waals surface area contributed by atoms with Crippen LogP contribution in [0.3, 0.4) is 0 Å². The van der Waals surface area contributed by atoms with Gasteiger partial charge in [-0.2, -0.15) is 0 Å². The molecule has 2 aromatic carbocycles. The van der Waals surface area contributed by atoms with Gasteiger partial charge in [-0.1, -0.05) is 24.3 Å². The van der Waals surface area contributed by atoms with Crippen molar-refractivity contribution in [2.45, 2.75) is 39.8 Å². The van der Waals surface area contributed by atoms with Crippen molar-refractivity contribution >= 4 is 34.6 Å². The summed E-state index contributed by atoms with van der Waals surface area (Å²) in [4.78, 5) is 18.4. The van der Waals surface area contributed by atoms with Crippen LogP contribution in [0, 0.1) is 20.8 Å². The van der Waals surface area contributed by atoms with E-state index < -0.39 is 0 Å². The molecule has 3 heterocycles. The fourth-order valence-corrected chi connectivity index (χ4v) is 5.59. The molecule has 6 nitrogen and oxygen atoms in total. The molecule has 0 radical (unpaired) electrons. The normalized spacial score (nSPS) is 17.2. The Morgan fingerprint density at radius 1 is 0.917 bits per heavy atom. The highest BCUT2D eigenvalue weighted by atomic mass is 32.1. The maximum Gasteiger partial charge on any atom is 0.221 e. The van der Waals surface area contributed by atoms with E-state index >= 15 is 0 Å². The molecule has 0 unspecified atom stereocenters. The summed E-state index contributed by atoms with van der Waals surface area (Å²) in [5, 5.41) is 7.04. The Hall–Kier alpha value is -3.97. The van der Waals surface area contributed by atoms with Crippen LogP contribution in [-0.2, 0) is 4.79 Å². The summed E-state index contributed by atoms with van der Waals surface area (Å²) in [7, 11) is 0. The van der Waals surface area contributed by atoms with Crippen LogP contribution in [0.5, 0.6) is 0 Å². The zero-order chi connectivity index (χ0) is 25.4. The van der Waals surface area contributed by atoms with Crippen LogP contribution >= 0.6 is 12.2 Å². The predicted molar refractivity (Wildman–Crippen MR) is 149 cm³/mol. The average Bonchev–Trinajstić information content (AvgIpc) is 3.32. The highest BCUT2D eigenvalue weighted by Gasteiger charge is 2.43. The smallest absolute Gasteiger partial charge is 0.221 e. The highest BCUT2D eigenvalue weighted by Crippen LogP contribution is 2.45. The largest absolute Gasteiger partial charge is 0.351 e. The van der Waals surface area contributed by atoms with Gasteiger partial charge in [0.2, 0.25) is 5.91 Å². The first-order valence-electron chi connectivity index (χ1n) is 12.0. The highest BCUT2D eigenvalue weighted by molar-refractivity contribution is 7.80. The number of anilines is 2. The number of nitrogens with zero attached hydrogens (tertiary/aromatic N) is 3. The summed E-state index contributed by atoms with van der Waals surface area (Å²) in [5.74, 6) is -0.0989. The van der Waals surface area contributed by atoms with E-state index in [1.54, 1.807) is 0 Å². The Morgan fingerprint density at radius 2 is 1.61 bits per heavy atom. The first-order valence-corrected chi connectivity index (χ1v) is 12.4. The molecule has 0 aliphatic carbocycles. The molecule has 1 aliphatic heterocycles. The maximum atomic E-state index is 11.5. The standard InChI is InChI=1S/C29H29N5OS/c1-18-19(2)33(23-10-6-5-7-11-23)20(3)26(18)28-27(25-12-8-9-17-30-25)32-29(36)34(28)24-15-13-22(14-16-24)31-21(4)35/h5-17,27-28H,1-4H3,(H,31,35)(H,32,36)/t27-,28+/m0/s1. The summed E-state index contributed by atoms with van der Waals surface area (Å²) >= 11 is 5.91. The molecule has 0 bridgehead atoms. The molecule has 2 N–H and O–H groups in total. The minimum atomic E-state index is -0.128. The number of benzene rings is 2. The maximum absolute atomic E-state index is 11.5. The lowest BCUT2D eigenvalue weighted by Crippen LogP contribution is -2.29. The van der Waals surface area contributed by atoms with Crippen LogP contribution in [0.4, 0.5) is 11.4 Å². The number of hydrogen-bond acceptors (Lipinski definition) is 3. The minimum absolute atomic E-state index is 0.0989. The van der Waals surface area contributed by atoms with Gasteiger partial charge in [0, 0.05) is 47.1 Å². The van der Waals surface area contributed by atoms with Gasteiger partial charge in [0.1, 0.15) is 0 Å². The van der Waals surface area contributed by atoms with Gasteiger partial charge in [-0.3, -0.25) is 9.78 Å². The van der Waals surface area contributed by atoms with Crippen LogP contribution in [0.1, 0.15) is 47.2 Å². The number of hydrogen-bond donors (Lipinski definition) is 2. The lowest BCUT2D eigenvalue weighted by Gasteiger charge is -2.29. The second kappa shape index (κ2) is 9.59. The molecule has 7 heteroatoms. The van der Waals surface area contributed by atoms with E-state index in [4.69, 9.17) is 12.2 Å². The Balaban J connectivity index is 1.67. The number of amides is 1. The van der Waals surface area contributed by atoms with Gasteiger partial charge in [0.25, 0.3) is 0 Å². The minimum Gasteiger partial charge on any atom is -0.351 e. The fourth-order valence-electron chi connectivity index (χ4n) is 5.24. The number of nitrogens with one attached hydrogen (secondary N) is 2. The molecule has 182 valence electrons.